The summed E-state index contributed by atoms with van der Waals surface area (Å²) in [6.45, 7) is 5.79. The summed E-state index contributed by atoms with van der Waals surface area (Å²) in [4.78, 5) is 10.3. The zero-order valence-corrected chi connectivity index (χ0v) is 15.3. The molecule has 1 N–H and O–H groups in total. The van der Waals surface area contributed by atoms with E-state index < -0.39 is 20.4 Å². The number of rotatable bonds is 5. The smallest absolute Gasteiger partial charge is 0.311 e. The van der Waals surface area contributed by atoms with Gasteiger partial charge in [0.05, 0.1) is 4.92 Å². The summed E-state index contributed by atoms with van der Waals surface area (Å²) in [6.07, 6.45) is 0.942. The number of ether oxygens (including phenoxy) is 1. The SMILES string of the molecule is CC(C)(C)Oc1ccc(Nc2cccc(S(C)(=O)=O)c2[N+](=O)[O-])cc1. The largest absolute Gasteiger partial charge is 0.488 e. The fourth-order valence-corrected chi connectivity index (χ4v) is 3.09. The minimum atomic E-state index is -3.72. The van der Waals surface area contributed by atoms with Gasteiger partial charge in [-0.1, -0.05) is 6.07 Å². The molecule has 0 aliphatic carbocycles. The molecule has 2 aromatic carbocycles. The Labute approximate surface area is 146 Å². The highest BCUT2D eigenvalue weighted by Gasteiger charge is 2.26. The van der Waals surface area contributed by atoms with Crippen LogP contribution in [0.2, 0.25) is 0 Å². The molecule has 0 aliphatic rings. The number of nitrogens with zero attached hydrogens (tertiary/aromatic N) is 1. The summed E-state index contributed by atoms with van der Waals surface area (Å²) in [5.41, 5.74) is -0.121. The van der Waals surface area contributed by atoms with Gasteiger partial charge in [-0.3, -0.25) is 10.1 Å². The molecule has 0 saturated heterocycles. The Morgan fingerprint density at radius 3 is 2.16 bits per heavy atom. The van der Waals surface area contributed by atoms with Crippen molar-refractivity contribution < 1.29 is 18.1 Å². The normalized spacial score (nSPS) is 11.8. The van der Waals surface area contributed by atoms with Crippen LogP contribution in [-0.2, 0) is 9.84 Å². The second-order valence-corrected chi connectivity index (χ2v) is 8.53. The predicted molar refractivity (Wildman–Crippen MR) is 96.3 cm³/mol. The van der Waals surface area contributed by atoms with Crippen LogP contribution in [0.25, 0.3) is 0 Å². The van der Waals surface area contributed by atoms with Crippen LogP contribution in [0.15, 0.2) is 47.4 Å². The molecule has 0 bridgehead atoms. The van der Waals surface area contributed by atoms with E-state index in [1.807, 2.05) is 20.8 Å². The highest BCUT2D eigenvalue weighted by molar-refractivity contribution is 7.90. The maximum atomic E-state index is 11.8. The molecule has 0 aliphatic heterocycles. The number of anilines is 2. The van der Waals surface area contributed by atoms with Crippen molar-refractivity contribution in [1.82, 2.24) is 0 Å². The van der Waals surface area contributed by atoms with E-state index in [0.29, 0.717) is 11.4 Å². The van der Waals surface area contributed by atoms with Crippen LogP contribution < -0.4 is 10.1 Å². The molecule has 134 valence electrons. The van der Waals surface area contributed by atoms with E-state index in [0.717, 1.165) is 6.26 Å². The van der Waals surface area contributed by atoms with Crippen molar-refractivity contribution in [2.24, 2.45) is 0 Å². The third kappa shape index (κ3) is 4.93. The first kappa shape index (κ1) is 18.7. The van der Waals surface area contributed by atoms with Gasteiger partial charge in [-0.2, -0.15) is 0 Å². The van der Waals surface area contributed by atoms with E-state index in [1.165, 1.54) is 18.2 Å². The fraction of sp³-hybridized carbons (Fsp3) is 0.294. The number of nitrogens with one attached hydrogen (secondary N) is 1. The van der Waals surface area contributed by atoms with Gasteiger partial charge < -0.3 is 10.1 Å². The lowest BCUT2D eigenvalue weighted by molar-refractivity contribution is -0.386. The number of nitro benzene ring substituents is 1. The number of hydrogen-bond acceptors (Lipinski definition) is 6. The highest BCUT2D eigenvalue weighted by Crippen LogP contribution is 2.34. The van der Waals surface area contributed by atoms with E-state index >= 15 is 0 Å². The molecule has 25 heavy (non-hydrogen) atoms. The maximum absolute atomic E-state index is 11.8. The van der Waals surface area contributed by atoms with Crippen LogP contribution in [0.3, 0.4) is 0 Å². The van der Waals surface area contributed by atoms with Crippen LogP contribution in [-0.4, -0.2) is 25.2 Å². The molecule has 7 nitrogen and oxygen atoms in total. The van der Waals surface area contributed by atoms with Crippen molar-refractivity contribution in [3.8, 4) is 5.75 Å². The molecular weight excluding hydrogens is 344 g/mol. The number of hydrogen-bond donors (Lipinski definition) is 1. The Kier molecular flexibility index (Phi) is 5.03. The van der Waals surface area contributed by atoms with E-state index in [9.17, 15) is 18.5 Å². The topological polar surface area (TPSA) is 98.5 Å². The van der Waals surface area contributed by atoms with Gasteiger partial charge in [0.2, 0.25) is 0 Å². The van der Waals surface area contributed by atoms with Gasteiger partial charge >= 0.3 is 5.69 Å². The van der Waals surface area contributed by atoms with Crippen LogP contribution in [0.5, 0.6) is 5.75 Å². The van der Waals surface area contributed by atoms with Gasteiger partial charge in [0.1, 0.15) is 21.9 Å². The van der Waals surface area contributed by atoms with E-state index in [1.54, 1.807) is 24.3 Å². The third-order valence-electron chi connectivity index (χ3n) is 3.14. The second-order valence-electron chi connectivity index (χ2n) is 6.55. The lowest BCUT2D eigenvalue weighted by atomic mass is 10.2. The molecule has 0 radical (unpaired) electrons. The monoisotopic (exact) mass is 364 g/mol. The first-order valence-electron chi connectivity index (χ1n) is 7.51. The average Bonchev–Trinajstić information content (AvgIpc) is 2.46. The van der Waals surface area contributed by atoms with Gasteiger partial charge in [-0.05, 0) is 57.2 Å². The third-order valence-corrected chi connectivity index (χ3v) is 4.27. The van der Waals surface area contributed by atoms with Gasteiger partial charge in [0, 0.05) is 11.9 Å². The first-order valence-corrected chi connectivity index (χ1v) is 9.40. The number of para-hydroxylation sites is 1. The van der Waals surface area contributed by atoms with Gasteiger partial charge in [0.25, 0.3) is 0 Å². The zero-order valence-electron chi connectivity index (χ0n) is 14.4. The molecule has 0 unspecified atom stereocenters. The van der Waals surface area contributed by atoms with Crippen molar-refractivity contribution in [2.45, 2.75) is 31.3 Å². The Morgan fingerprint density at radius 1 is 1.08 bits per heavy atom. The van der Waals surface area contributed by atoms with Crippen LogP contribution in [0, 0.1) is 10.1 Å². The summed E-state index contributed by atoms with van der Waals surface area (Å²) in [7, 11) is -3.72. The number of benzene rings is 2. The zero-order chi connectivity index (χ0) is 18.8. The molecule has 0 amide bonds. The molecule has 2 rings (SSSR count). The summed E-state index contributed by atoms with van der Waals surface area (Å²) >= 11 is 0. The van der Waals surface area contributed by atoms with Gasteiger partial charge in [-0.25, -0.2) is 8.42 Å². The van der Waals surface area contributed by atoms with Crippen LogP contribution in [0.1, 0.15) is 20.8 Å². The van der Waals surface area contributed by atoms with Crippen molar-refractivity contribution >= 4 is 26.9 Å². The van der Waals surface area contributed by atoms with Crippen molar-refractivity contribution in [3.63, 3.8) is 0 Å². The summed E-state index contributed by atoms with van der Waals surface area (Å²) < 4.78 is 29.3. The minimum absolute atomic E-state index is 0.109. The molecule has 0 spiro atoms. The Balaban J connectivity index is 2.36. The van der Waals surface area contributed by atoms with Crippen LogP contribution >= 0.6 is 0 Å². The van der Waals surface area contributed by atoms with Gasteiger partial charge in [-0.15, -0.1) is 0 Å². The summed E-state index contributed by atoms with van der Waals surface area (Å²) in [5, 5.41) is 14.3. The highest BCUT2D eigenvalue weighted by atomic mass is 32.2. The van der Waals surface area contributed by atoms with E-state index in [4.69, 9.17) is 4.74 Å². The standard InChI is InChI=1S/C17H20N2O5S/c1-17(2,3)24-13-10-8-12(9-11-13)18-14-6-5-7-15(25(4,22)23)16(14)19(20)21/h5-11,18H,1-4H3. The Morgan fingerprint density at radius 2 is 1.68 bits per heavy atom. The van der Waals surface area contributed by atoms with Crippen LogP contribution in [0.4, 0.5) is 17.1 Å². The van der Waals surface area contributed by atoms with Crippen molar-refractivity contribution in [2.75, 3.05) is 11.6 Å². The lowest BCUT2D eigenvalue weighted by Gasteiger charge is -2.21. The van der Waals surface area contributed by atoms with E-state index in [-0.39, 0.29) is 16.2 Å². The quantitative estimate of drug-likeness (QED) is 0.638. The number of nitro groups is 1. The fourth-order valence-electron chi connectivity index (χ4n) is 2.23. The molecule has 0 fully saturated rings. The summed E-state index contributed by atoms with van der Waals surface area (Å²) in [6, 6.07) is 11.0. The molecule has 0 heterocycles. The molecule has 8 heteroatoms. The average molecular weight is 364 g/mol. The Bertz CT molecular complexity index is 884. The maximum Gasteiger partial charge on any atom is 0.311 e. The first-order chi connectivity index (χ1) is 11.5. The molecule has 0 atom stereocenters. The molecule has 0 saturated carbocycles. The summed E-state index contributed by atoms with van der Waals surface area (Å²) in [5.74, 6) is 0.664. The van der Waals surface area contributed by atoms with Crippen molar-refractivity contribution in [1.29, 1.82) is 0 Å². The molecule has 2 aromatic rings. The lowest BCUT2D eigenvalue weighted by Crippen LogP contribution is -2.22. The minimum Gasteiger partial charge on any atom is -0.488 e. The molecular formula is C17H20N2O5S. The predicted octanol–water partition coefficient (Wildman–Crippen LogP) is 3.92. The molecule has 0 aromatic heterocycles. The van der Waals surface area contributed by atoms with E-state index in [2.05, 4.69) is 5.32 Å². The van der Waals surface area contributed by atoms with Gasteiger partial charge in [0.15, 0.2) is 9.84 Å². The second kappa shape index (κ2) is 6.72. The Hall–Kier alpha value is -2.61. The van der Waals surface area contributed by atoms with Crippen molar-refractivity contribution in [3.05, 3.63) is 52.6 Å². The number of sulfone groups is 1.